The second kappa shape index (κ2) is 7.77. The summed E-state index contributed by atoms with van der Waals surface area (Å²) in [7, 11) is 0. The van der Waals surface area contributed by atoms with Crippen molar-refractivity contribution in [3.8, 4) is 0 Å². The van der Waals surface area contributed by atoms with Crippen molar-refractivity contribution >= 4 is 12.4 Å². The first kappa shape index (κ1) is 13.4. The summed E-state index contributed by atoms with van der Waals surface area (Å²) in [6.07, 6.45) is 1.57. The van der Waals surface area contributed by atoms with Crippen LogP contribution in [0.2, 0.25) is 0 Å². The first-order valence-electron chi connectivity index (χ1n) is 4.71. The molecule has 1 aromatic rings. The van der Waals surface area contributed by atoms with Crippen molar-refractivity contribution < 1.29 is 4.39 Å². The van der Waals surface area contributed by atoms with Crippen molar-refractivity contribution in [2.24, 2.45) is 5.73 Å². The Morgan fingerprint density at radius 1 is 1.21 bits per heavy atom. The van der Waals surface area contributed by atoms with Crippen molar-refractivity contribution in [3.63, 3.8) is 0 Å². The largest absolute Gasteiger partial charge is 0.328 e. The fraction of sp³-hybridized carbons (Fsp3) is 0.455. The van der Waals surface area contributed by atoms with Crippen LogP contribution in [0.1, 0.15) is 18.4 Å². The Labute approximate surface area is 90.9 Å². The van der Waals surface area contributed by atoms with E-state index in [1.54, 1.807) is 0 Å². The molecule has 2 N–H and O–H groups in total. The van der Waals surface area contributed by atoms with E-state index < -0.39 is 6.17 Å². The lowest BCUT2D eigenvalue weighted by Gasteiger charge is -2.04. The summed E-state index contributed by atoms with van der Waals surface area (Å²) in [4.78, 5) is 0. The highest BCUT2D eigenvalue weighted by atomic mass is 35.5. The van der Waals surface area contributed by atoms with Crippen LogP contribution in [0, 0.1) is 0 Å². The van der Waals surface area contributed by atoms with Crippen molar-refractivity contribution in [3.05, 3.63) is 35.9 Å². The molecule has 3 heteroatoms. The Kier molecular flexibility index (Phi) is 7.44. The molecule has 0 aliphatic heterocycles. The molecule has 80 valence electrons. The van der Waals surface area contributed by atoms with Crippen molar-refractivity contribution in [2.45, 2.75) is 25.4 Å². The summed E-state index contributed by atoms with van der Waals surface area (Å²) in [6.45, 7) is 0.148. The van der Waals surface area contributed by atoms with Crippen LogP contribution in [0.4, 0.5) is 4.39 Å². The number of hydrogen-bond acceptors (Lipinski definition) is 1. The van der Waals surface area contributed by atoms with Gasteiger partial charge in [0.05, 0.1) is 0 Å². The van der Waals surface area contributed by atoms with Gasteiger partial charge in [-0.2, -0.15) is 0 Å². The first-order valence-corrected chi connectivity index (χ1v) is 4.71. The van der Waals surface area contributed by atoms with E-state index in [0.717, 1.165) is 12.8 Å². The van der Waals surface area contributed by atoms with E-state index in [1.807, 2.05) is 18.2 Å². The summed E-state index contributed by atoms with van der Waals surface area (Å²) < 4.78 is 12.7. The maximum atomic E-state index is 12.7. The molecule has 0 aliphatic carbocycles. The highest BCUT2D eigenvalue weighted by molar-refractivity contribution is 5.85. The van der Waals surface area contributed by atoms with E-state index in [2.05, 4.69) is 12.1 Å². The van der Waals surface area contributed by atoms with Gasteiger partial charge in [0.2, 0.25) is 0 Å². The minimum Gasteiger partial charge on any atom is -0.328 e. The molecular formula is C11H17ClFN. The van der Waals surface area contributed by atoms with Gasteiger partial charge in [0.25, 0.3) is 0 Å². The molecule has 0 spiro atoms. The van der Waals surface area contributed by atoms with E-state index in [9.17, 15) is 4.39 Å². The second-order valence-electron chi connectivity index (χ2n) is 3.21. The van der Waals surface area contributed by atoms with E-state index >= 15 is 0 Å². The Balaban J connectivity index is 0.00000169. The Bertz CT molecular complexity index is 228. The third-order valence-corrected chi connectivity index (χ3v) is 2.08. The number of hydrogen-bond donors (Lipinski definition) is 1. The first-order chi connectivity index (χ1) is 6.33. The predicted octanol–water partition coefficient (Wildman–Crippen LogP) is 2.73. The van der Waals surface area contributed by atoms with Gasteiger partial charge in [-0.25, -0.2) is 4.39 Å². The van der Waals surface area contributed by atoms with Gasteiger partial charge >= 0.3 is 0 Å². The van der Waals surface area contributed by atoms with E-state index in [0.29, 0.717) is 6.42 Å². The zero-order valence-corrected chi connectivity index (χ0v) is 8.97. The number of nitrogens with two attached hydrogens (primary N) is 1. The molecule has 0 saturated heterocycles. The Morgan fingerprint density at radius 3 is 2.43 bits per heavy atom. The second-order valence-corrected chi connectivity index (χ2v) is 3.21. The molecule has 0 aliphatic rings. The predicted molar refractivity (Wildman–Crippen MR) is 60.6 cm³/mol. The number of benzene rings is 1. The average molecular weight is 218 g/mol. The molecule has 1 aromatic carbocycles. The summed E-state index contributed by atoms with van der Waals surface area (Å²) in [5.74, 6) is 0. The van der Waals surface area contributed by atoms with Crippen molar-refractivity contribution in [2.75, 3.05) is 6.54 Å². The molecule has 1 atom stereocenters. The molecule has 0 saturated carbocycles. The summed E-state index contributed by atoms with van der Waals surface area (Å²) in [5.41, 5.74) is 6.45. The Hall–Kier alpha value is -0.600. The highest BCUT2D eigenvalue weighted by Crippen LogP contribution is 2.07. The normalized spacial score (nSPS) is 11.9. The number of aryl methyl sites for hydroxylation is 1. The fourth-order valence-corrected chi connectivity index (χ4v) is 1.29. The van der Waals surface area contributed by atoms with Gasteiger partial charge in [-0.15, -0.1) is 12.4 Å². The molecule has 1 unspecified atom stereocenters. The minimum atomic E-state index is -0.830. The van der Waals surface area contributed by atoms with Crippen molar-refractivity contribution in [1.29, 1.82) is 0 Å². The molecule has 0 aromatic heterocycles. The molecule has 0 radical (unpaired) electrons. The van der Waals surface area contributed by atoms with E-state index in [4.69, 9.17) is 5.73 Å². The van der Waals surface area contributed by atoms with Gasteiger partial charge in [-0.05, 0) is 24.8 Å². The molecule has 0 bridgehead atoms. The van der Waals surface area contributed by atoms with E-state index in [1.165, 1.54) is 5.56 Å². The van der Waals surface area contributed by atoms with E-state index in [-0.39, 0.29) is 19.0 Å². The van der Waals surface area contributed by atoms with Crippen LogP contribution in [0.5, 0.6) is 0 Å². The SMILES string of the molecule is Cl.NCC(F)CCCc1ccccc1. The molecule has 14 heavy (non-hydrogen) atoms. The molecule has 1 rings (SSSR count). The average Bonchev–Trinajstić information content (AvgIpc) is 2.19. The molecule has 1 nitrogen and oxygen atoms in total. The molecule has 0 fully saturated rings. The van der Waals surface area contributed by atoms with Crippen LogP contribution in [0.25, 0.3) is 0 Å². The van der Waals surface area contributed by atoms with Crippen molar-refractivity contribution in [1.82, 2.24) is 0 Å². The lowest BCUT2D eigenvalue weighted by atomic mass is 10.1. The standard InChI is InChI=1S/C11H16FN.ClH/c12-11(9-13)8-4-7-10-5-2-1-3-6-10;/h1-3,5-6,11H,4,7-9,13H2;1H. The van der Waals surface area contributed by atoms with Gasteiger partial charge in [0, 0.05) is 6.54 Å². The van der Waals surface area contributed by atoms with Crippen LogP contribution in [0.15, 0.2) is 30.3 Å². The highest BCUT2D eigenvalue weighted by Gasteiger charge is 2.02. The topological polar surface area (TPSA) is 26.0 Å². The van der Waals surface area contributed by atoms with Crippen LogP contribution >= 0.6 is 12.4 Å². The molecule has 0 amide bonds. The summed E-state index contributed by atoms with van der Waals surface area (Å²) >= 11 is 0. The Morgan fingerprint density at radius 2 is 1.86 bits per heavy atom. The van der Waals surface area contributed by atoms with Crippen LogP contribution < -0.4 is 5.73 Å². The summed E-state index contributed by atoms with van der Waals surface area (Å²) in [6, 6.07) is 10.1. The van der Waals surface area contributed by atoms with Gasteiger partial charge in [-0.1, -0.05) is 30.3 Å². The molecule has 0 heterocycles. The van der Waals surface area contributed by atoms with Crippen LogP contribution in [-0.2, 0) is 6.42 Å². The van der Waals surface area contributed by atoms with Gasteiger partial charge in [-0.3, -0.25) is 0 Å². The third-order valence-electron chi connectivity index (χ3n) is 2.08. The number of halogens is 2. The maximum Gasteiger partial charge on any atom is 0.112 e. The lowest BCUT2D eigenvalue weighted by Crippen LogP contribution is -2.14. The maximum absolute atomic E-state index is 12.7. The smallest absolute Gasteiger partial charge is 0.112 e. The minimum absolute atomic E-state index is 0. The van der Waals surface area contributed by atoms with Gasteiger partial charge < -0.3 is 5.73 Å². The van der Waals surface area contributed by atoms with Crippen LogP contribution in [-0.4, -0.2) is 12.7 Å². The van der Waals surface area contributed by atoms with Gasteiger partial charge in [0.1, 0.15) is 6.17 Å². The summed E-state index contributed by atoms with van der Waals surface area (Å²) in [5, 5.41) is 0. The number of rotatable bonds is 5. The number of alkyl halides is 1. The zero-order chi connectivity index (χ0) is 9.52. The van der Waals surface area contributed by atoms with Crippen LogP contribution in [0.3, 0.4) is 0 Å². The fourth-order valence-electron chi connectivity index (χ4n) is 1.29. The quantitative estimate of drug-likeness (QED) is 0.807. The lowest BCUT2D eigenvalue weighted by molar-refractivity contribution is 0.316. The zero-order valence-electron chi connectivity index (χ0n) is 8.16. The molecular weight excluding hydrogens is 201 g/mol. The van der Waals surface area contributed by atoms with Gasteiger partial charge in [0.15, 0.2) is 0 Å². The monoisotopic (exact) mass is 217 g/mol. The third kappa shape index (κ3) is 5.20.